The molecule has 4 nitrogen and oxygen atoms in total. The van der Waals surface area contributed by atoms with Gasteiger partial charge in [0, 0.05) is 9.13 Å². The lowest BCUT2D eigenvalue weighted by atomic mass is 10.1. The van der Waals surface area contributed by atoms with Crippen LogP contribution in [0.1, 0.15) is 20.7 Å². The van der Waals surface area contributed by atoms with E-state index >= 15 is 0 Å². The summed E-state index contributed by atoms with van der Waals surface area (Å²) in [5.41, 5.74) is 0.816. The van der Waals surface area contributed by atoms with Gasteiger partial charge in [-0.25, -0.2) is 4.79 Å². The number of carboxylic acids is 1. The molecule has 2 aromatic carbocycles. The average molecular weight is 402 g/mol. The molecule has 0 aliphatic carbocycles. The fourth-order valence-corrected chi connectivity index (χ4v) is 2.29. The molecule has 0 heterocycles. The van der Waals surface area contributed by atoms with Crippen LogP contribution in [0.5, 0.6) is 0 Å². The summed E-state index contributed by atoms with van der Waals surface area (Å²) < 4.78 is 0.931. The van der Waals surface area contributed by atoms with Gasteiger partial charge in [-0.15, -0.1) is 0 Å². The molecule has 2 rings (SSSR count). The van der Waals surface area contributed by atoms with Crippen molar-refractivity contribution in [2.45, 2.75) is 0 Å². The van der Waals surface area contributed by atoms with Gasteiger partial charge < -0.3 is 10.4 Å². The quantitative estimate of drug-likeness (QED) is 0.767. The molecule has 0 saturated carbocycles. The zero-order chi connectivity index (χ0) is 14.7. The Hall–Kier alpha value is -1.60. The first kappa shape index (κ1) is 14.8. The van der Waals surface area contributed by atoms with Gasteiger partial charge in [0.1, 0.15) is 0 Å². The second-order valence-electron chi connectivity index (χ2n) is 3.96. The lowest BCUT2D eigenvalue weighted by Crippen LogP contribution is -2.13. The summed E-state index contributed by atoms with van der Waals surface area (Å²) in [6, 6.07) is 11.2. The summed E-state index contributed by atoms with van der Waals surface area (Å²) in [7, 11) is 0. The Labute approximate surface area is 133 Å². The number of rotatable bonds is 3. The van der Waals surface area contributed by atoms with Crippen LogP contribution >= 0.6 is 34.2 Å². The number of aromatic carboxylic acids is 1. The van der Waals surface area contributed by atoms with Crippen LogP contribution in [0.2, 0.25) is 5.02 Å². The van der Waals surface area contributed by atoms with E-state index in [4.69, 9.17) is 16.7 Å². The molecule has 6 heteroatoms. The van der Waals surface area contributed by atoms with E-state index in [0.717, 1.165) is 3.57 Å². The normalized spacial score (nSPS) is 10.1. The van der Waals surface area contributed by atoms with Gasteiger partial charge in [-0.1, -0.05) is 17.7 Å². The third-order valence-corrected chi connectivity index (χ3v) is 3.55. The van der Waals surface area contributed by atoms with E-state index in [1.807, 2.05) is 6.07 Å². The van der Waals surface area contributed by atoms with E-state index in [0.29, 0.717) is 5.56 Å². The van der Waals surface area contributed by atoms with Gasteiger partial charge in [-0.2, -0.15) is 0 Å². The van der Waals surface area contributed by atoms with Crippen molar-refractivity contribution in [1.82, 2.24) is 0 Å². The lowest BCUT2D eigenvalue weighted by molar-refractivity contribution is 0.0696. The summed E-state index contributed by atoms with van der Waals surface area (Å²) >= 11 is 8.06. The summed E-state index contributed by atoms with van der Waals surface area (Å²) in [6.45, 7) is 0. The minimum Gasteiger partial charge on any atom is -0.478 e. The number of hydrogen-bond donors (Lipinski definition) is 2. The van der Waals surface area contributed by atoms with Crippen LogP contribution < -0.4 is 5.32 Å². The second-order valence-corrected chi connectivity index (χ2v) is 5.62. The molecule has 0 aliphatic rings. The molecule has 0 aromatic heterocycles. The van der Waals surface area contributed by atoms with Crippen LogP contribution in [0.3, 0.4) is 0 Å². The number of carbonyl (C=O) groups is 2. The summed E-state index contributed by atoms with van der Waals surface area (Å²) in [6.07, 6.45) is 0. The van der Waals surface area contributed by atoms with Crippen LogP contribution in [-0.2, 0) is 0 Å². The Kier molecular flexibility index (Phi) is 4.61. The first-order chi connectivity index (χ1) is 9.47. The maximum atomic E-state index is 12.1. The van der Waals surface area contributed by atoms with Gasteiger partial charge in [-0.05, 0) is 59.0 Å². The predicted octanol–water partition coefficient (Wildman–Crippen LogP) is 3.90. The van der Waals surface area contributed by atoms with E-state index in [1.54, 1.807) is 18.2 Å². The van der Waals surface area contributed by atoms with Gasteiger partial charge in [-0.3, -0.25) is 4.79 Å². The first-order valence-electron chi connectivity index (χ1n) is 5.57. The Bertz CT molecular complexity index is 688. The number of benzene rings is 2. The molecule has 0 atom stereocenters. The summed E-state index contributed by atoms with van der Waals surface area (Å²) in [4.78, 5) is 23.0. The Morgan fingerprint density at radius 1 is 1.10 bits per heavy atom. The first-order valence-corrected chi connectivity index (χ1v) is 7.03. The van der Waals surface area contributed by atoms with Crippen LogP contribution in [0.25, 0.3) is 0 Å². The fraction of sp³-hybridized carbons (Fsp3) is 0. The monoisotopic (exact) mass is 401 g/mol. The average Bonchev–Trinajstić information content (AvgIpc) is 2.41. The van der Waals surface area contributed by atoms with Crippen molar-refractivity contribution >= 4 is 51.8 Å². The standard InChI is InChI=1S/C14H9ClINO3/c15-11-5-4-9(14(19)20)7-12(11)17-13(18)8-2-1-3-10(16)6-8/h1-7H,(H,17,18)(H,19,20). The molecule has 102 valence electrons. The summed E-state index contributed by atoms with van der Waals surface area (Å²) in [5, 5.41) is 11.8. The van der Waals surface area contributed by atoms with Crippen molar-refractivity contribution in [1.29, 1.82) is 0 Å². The molecule has 0 fully saturated rings. The molecule has 0 radical (unpaired) electrons. The number of anilines is 1. The van der Waals surface area contributed by atoms with Crippen LogP contribution in [-0.4, -0.2) is 17.0 Å². The van der Waals surface area contributed by atoms with Gasteiger partial charge in [0.2, 0.25) is 0 Å². The number of hydrogen-bond acceptors (Lipinski definition) is 2. The fourth-order valence-electron chi connectivity index (χ4n) is 1.58. The van der Waals surface area contributed by atoms with E-state index < -0.39 is 5.97 Å². The highest BCUT2D eigenvalue weighted by atomic mass is 127. The molecule has 0 aliphatic heterocycles. The van der Waals surface area contributed by atoms with Gasteiger partial charge in [0.15, 0.2) is 0 Å². The number of carbonyl (C=O) groups excluding carboxylic acids is 1. The highest BCUT2D eigenvalue weighted by molar-refractivity contribution is 14.1. The van der Waals surface area contributed by atoms with E-state index in [-0.39, 0.29) is 22.2 Å². The van der Waals surface area contributed by atoms with E-state index in [2.05, 4.69) is 27.9 Å². The molecule has 2 N–H and O–H groups in total. The minimum atomic E-state index is -1.08. The largest absolute Gasteiger partial charge is 0.478 e. The molecular formula is C14H9ClINO3. The SMILES string of the molecule is O=C(O)c1ccc(Cl)c(NC(=O)c2cccc(I)c2)c1. The number of amides is 1. The number of nitrogens with one attached hydrogen (secondary N) is 1. The van der Waals surface area contributed by atoms with E-state index in [9.17, 15) is 9.59 Å². The highest BCUT2D eigenvalue weighted by Gasteiger charge is 2.11. The summed E-state index contributed by atoms with van der Waals surface area (Å²) in [5.74, 6) is -1.42. The van der Waals surface area contributed by atoms with E-state index in [1.165, 1.54) is 18.2 Å². The maximum Gasteiger partial charge on any atom is 0.335 e. The number of carboxylic acid groups (broad SMARTS) is 1. The maximum absolute atomic E-state index is 12.1. The smallest absolute Gasteiger partial charge is 0.335 e. The molecule has 2 aromatic rings. The van der Waals surface area contributed by atoms with Crippen molar-refractivity contribution in [3.05, 3.63) is 62.2 Å². The third kappa shape index (κ3) is 3.49. The van der Waals surface area contributed by atoms with Gasteiger partial charge >= 0.3 is 5.97 Å². The molecule has 20 heavy (non-hydrogen) atoms. The molecule has 0 unspecified atom stereocenters. The molecule has 0 spiro atoms. The number of halogens is 2. The van der Waals surface area contributed by atoms with Crippen LogP contribution in [0.4, 0.5) is 5.69 Å². The Balaban J connectivity index is 2.27. The zero-order valence-corrected chi connectivity index (χ0v) is 13.0. The second kappa shape index (κ2) is 6.23. The van der Waals surface area contributed by atoms with Crippen molar-refractivity contribution in [2.75, 3.05) is 5.32 Å². The zero-order valence-electron chi connectivity index (χ0n) is 10.1. The van der Waals surface area contributed by atoms with Crippen LogP contribution in [0, 0.1) is 3.57 Å². The Morgan fingerprint density at radius 3 is 2.50 bits per heavy atom. The third-order valence-electron chi connectivity index (χ3n) is 2.55. The molecule has 1 amide bonds. The lowest BCUT2D eigenvalue weighted by Gasteiger charge is -2.08. The van der Waals surface area contributed by atoms with Crippen LogP contribution in [0.15, 0.2) is 42.5 Å². The highest BCUT2D eigenvalue weighted by Crippen LogP contribution is 2.24. The van der Waals surface area contributed by atoms with Crippen molar-refractivity contribution in [3.8, 4) is 0 Å². The van der Waals surface area contributed by atoms with Gasteiger partial charge in [0.25, 0.3) is 5.91 Å². The van der Waals surface area contributed by atoms with Gasteiger partial charge in [0.05, 0.1) is 16.3 Å². The molecule has 0 bridgehead atoms. The minimum absolute atomic E-state index is 0.0624. The molecule has 0 saturated heterocycles. The van der Waals surface area contributed by atoms with Crippen molar-refractivity contribution in [3.63, 3.8) is 0 Å². The predicted molar refractivity (Wildman–Crippen MR) is 85.5 cm³/mol. The topological polar surface area (TPSA) is 66.4 Å². The Morgan fingerprint density at radius 2 is 1.85 bits per heavy atom. The molecular weight excluding hydrogens is 393 g/mol. The van der Waals surface area contributed by atoms with Crippen molar-refractivity contribution < 1.29 is 14.7 Å². The van der Waals surface area contributed by atoms with Crippen molar-refractivity contribution in [2.24, 2.45) is 0 Å².